The molecule has 2 unspecified atom stereocenters. The summed E-state index contributed by atoms with van der Waals surface area (Å²) in [6, 6.07) is -0.0584. The second-order valence-electron chi connectivity index (χ2n) is 4.39. The standard InChI is InChI=1S/C11H20N2O4/c1-8(15)12-10-5-9(3-4-14)6-13(7-10)11(16)17-2/h9-10,14H,3-7H2,1-2H3,(H,12,15). The summed E-state index contributed by atoms with van der Waals surface area (Å²) in [5, 5.41) is 11.8. The van der Waals surface area contributed by atoms with Crippen LogP contribution in [0.1, 0.15) is 19.8 Å². The molecule has 17 heavy (non-hydrogen) atoms. The first-order valence-corrected chi connectivity index (χ1v) is 5.77. The highest BCUT2D eigenvalue weighted by Crippen LogP contribution is 2.20. The molecular weight excluding hydrogens is 224 g/mol. The van der Waals surface area contributed by atoms with Crippen LogP contribution in [0.15, 0.2) is 0 Å². The average Bonchev–Trinajstić information content (AvgIpc) is 2.27. The molecule has 1 heterocycles. The third kappa shape index (κ3) is 4.22. The Labute approximate surface area is 101 Å². The molecule has 0 aromatic rings. The molecule has 2 amide bonds. The van der Waals surface area contributed by atoms with E-state index in [9.17, 15) is 9.59 Å². The number of carbonyl (C=O) groups excluding carboxylic acids is 2. The predicted octanol–water partition coefficient (Wildman–Crippen LogP) is -0.0382. The van der Waals surface area contributed by atoms with E-state index in [1.807, 2.05) is 0 Å². The zero-order valence-electron chi connectivity index (χ0n) is 10.3. The van der Waals surface area contributed by atoms with E-state index in [-0.39, 0.29) is 30.6 Å². The van der Waals surface area contributed by atoms with Crippen molar-refractivity contribution >= 4 is 12.0 Å². The highest BCUT2D eigenvalue weighted by Gasteiger charge is 2.30. The lowest BCUT2D eigenvalue weighted by atomic mass is 9.92. The molecule has 0 aliphatic carbocycles. The van der Waals surface area contributed by atoms with Crippen LogP contribution < -0.4 is 5.32 Å². The highest BCUT2D eigenvalue weighted by atomic mass is 16.5. The topological polar surface area (TPSA) is 78.9 Å². The Morgan fingerprint density at radius 2 is 2.18 bits per heavy atom. The van der Waals surface area contributed by atoms with E-state index in [2.05, 4.69) is 10.1 Å². The van der Waals surface area contributed by atoms with Crippen molar-refractivity contribution < 1.29 is 19.4 Å². The van der Waals surface area contributed by atoms with Crippen molar-refractivity contribution in [1.82, 2.24) is 10.2 Å². The van der Waals surface area contributed by atoms with Crippen LogP contribution in [-0.4, -0.2) is 54.9 Å². The lowest BCUT2D eigenvalue weighted by Crippen LogP contribution is -2.52. The fraction of sp³-hybridized carbons (Fsp3) is 0.818. The molecule has 0 radical (unpaired) electrons. The van der Waals surface area contributed by atoms with E-state index in [0.717, 1.165) is 6.42 Å². The van der Waals surface area contributed by atoms with Gasteiger partial charge in [0.15, 0.2) is 0 Å². The van der Waals surface area contributed by atoms with E-state index < -0.39 is 0 Å². The summed E-state index contributed by atoms with van der Waals surface area (Å²) in [4.78, 5) is 24.1. The first-order valence-electron chi connectivity index (χ1n) is 5.77. The first-order chi connectivity index (χ1) is 8.06. The number of aliphatic hydroxyl groups excluding tert-OH is 1. The van der Waals surface area contributed by atoms with Crippen LogP contribution >= 0.6 is 0 Å². The van der Waals surface area contributed by atoms with E-state index >= 15 is 0 Å². The van der Waals surface area contributed by atoms with Crippen LogP contribution in [0, 0.1) is 5.92 Å². The molecule has 2 atom stereocenters. The molecular formula is C11H20N2O4. The van der Waals surface area contributed by atoms with Crippen molar-refractivity contribution in [3.8, 4) is 0 Å². The van der Waals surface area contributed by atoms with Crippen LogP contribution in [0.5, 0.6) is 0 Å². The lowest BCUT2D eigenvalue weighted by molar-refractivity contribution is -0.120. The Balaban J connectivity index is 2.61. The van der Waals surface area contributed by atoms with Gasteiger partial charge in [0.1, 0.15) is 0 Å². The van der Waals surface area contributed by atoms with E-state index in [1.54, 1.807) is 4.90 Å². The van der Waals surface area contributed by atoms with Crippen LogP contribution in [0.25, 0.3) is 0 Å². The number of hydrogen-bond acceptors (Lipinski definition) is 4. The van der Waals surface area contributed by atoms with Gasteiger partial charge in [0, 0.05) is 32.7 Å². The monoisotopic (exact) mass is 244 g/mol. The number of hydrogen-bond donors (Lipinski definition) is 2. The number of methoxy groups -OCH3 is 1. The SMILES string of the molecule is COC(=O)N1CC(CCO)CC(NC(C)=O)C1. The van der Waals surface area contributed by atoms with Gasteiger partial charge in [-0.15, -0.1) is 0 Å². The number of piperidine rings is 1. The fourth-order valence-corrected chi connectivity index (χ4v) is 2.27. The van der Waals surface area contributed by atoms with E-state index in [4.69, 9.17) is 5.11 Å². The lowest BCUT2D eigenvalue weighted by Gasteiger charge is -2.36. The van der Waals surface area contributed by atoms with Gasteiger partial charge in [-0.25, -0.2) is 4.79 Å². The van der Waals surface area contributed by atoms with Crippen LogP contribution in [0.2, 0.25) is 0 Å². The van der Waals surface area contributed by atoms with Crippen molar-refractivity contribution in [3.05, 3.63) is 0 Å². The molecule has 6 heteroatoms. The minimum atomic E-state index is -0.386. The number of nitrogens with zero attached hydrogens (tertiary/aromatic N) is 1. The number of carbonyl (C=O) groups is 2. The van der Waals surface area contributed by atoms with Crippen LogP contribution in [0.3, 0.4) is 0 Å². The van der Waals surface area contributed by atoms with Crippen LogP contribution in [-0.2, 0) is 9.53 Å². The summed E-state index contributed by atoms with van der Waals surface area (Å²) in [7, 11) is 1.34. The first kappa shape index (κ1) is 13.8. The Bertz CT molecular complexity index is 283. The number of nitrogens with one attached hydrogen (secondary N) is 1. The molecule has 0 aromatic carbocycles. The molecule has 0 saturated carbocycles. The van der Waals surface area contributed by atoms with Crippen molar-refractivity contribution in [2.45, 2.75) is 25.8 Å². The Morgan fingerprint density at radius 3 is 2.71 bits per heavy atom. The summed E-state index contributed by atoms with van der Waals surface area (Å²) in [6.07, 6.45) is 1.03. The van der Waals surface area contributed by atoms with Crippen molar-refractivity contribution in [3.63, 3.8) is 0 Å². The number of aliphatic hydroxyl groups is 1. The van der Waals surface area contributed by atoms with Gasteiger partial charge in [0.2, 0.25) is 5.91 Å². The third-order valence-electron chi connectivity index (χ3n) is 2.91. The minimum Gasteiger partial charge on any atom is -0.453 e. The summed E-state index contributed by atoms with van der Waals surface area (Å²) < 4.78 is 4.68. The van der Waals surface area contributed by atoms with Gasteiger partial charge in [-0.05, 0) is 18.8 Å². The zero-order chi connectivity index (χ0) is 12.8. The molecule has 1 aliphatic heterocycles. The van der Waals surface area contributed by atoms with Gasteiger partial charge in [0.25, 0.3) is 0 Å². The number of rotatable bonds is 3. The summed E-state index contributed by atoms with van der Waals surface area (Å²) in [5.41, 5.74) is 0. The van der Waals surface area contributed by atoms with Gasteiger partial charge in [-0.2, -0.15) is 0 Å². The van der Waals surface area contributed by atoms with Gasteiger partial charge in [-0.3, -0.25) is 4.79 Å². The molecule has 0 spiro atoms. The fourth-order valence-electron chi connectivity index (χ4n) is 2.27. The van der Waals surface area contributed by atoms with E-state index in [0.29, 0.717) is 19.5 Å². The molecule has 98 valence electrons. The maximum Gasteiger partial charge on any atom is 0.409 e. The van der Waals surface area contributed by atoms with Gasteiger partial charge in [-0.1, -0.05) is 0 Å². The maximum atomic E-state index is 11.5. The Morgan fingerprint density at radius 1 is 1.47 bits per heavy atom. The second-order valence-corrected chi connectivity index (χ2v) is 4.39. The number of likely N-dealkylation sites (tertiary alicyclic amines) is 1. The highest BCUT2D eigenvalue weighted by molar-refractivity contribution is 5.73. The smallest absolute Gasteiger partial charge is 0.409 e. The molecule has 1 saturated heterocycles. The molecule has 0 bridgehead atoms. The summed E-state index contributed by atoms with van der Waals surface area (Å²) >= 11 is 0. The molecule has 6 nitrogen and oxygen atoms in total. The number of amides is 2. The largest absolute Gasteiger partial charge is 0.453 e. The Hall–Kier alpha value is -1.30. The molecule has 1 fully saturated rings. The van der Waals surface area contributed by atoms with Crippen molar-refractivity contribution in [1.29, 1.82) is 0 Å². The third-order valence-corrected chi connectivity index (χ3v) is 2.91. The molecule has 1 aliphatic rings. The Kier molecular flexibility index (Phi) is 5.21. The summed E-state index contributed by atoms with van der Waals surface area (Å²) in [6.45, 7) is 2.59. The minimum absolute atomic E-state index is 0.0584. The normalized spacial score (nSPS) is 24.3. The van der Waals surface area contributed by atoms with Crippen molar-refractivity contribution in [2.24, 2.45) is 5.92 Å². The van der Waals surface area contributed by atoms with E-state index in [1.165, 1.54) is 14.0 Å². The quantitative estimate of drug-likeness (QED) is 0.730. The van der Waals surface area contributed by atoms with Crippen LogP contribution in [0.4, 0.5) is 4.79 Å². The molecule has 1 rings (SSSR count). The number of ether oxygens (including phenoxy) is 1. The maximum absolute atomic E-state index is 11.5. The van der Waals surface area contributed by atoms with Gasteiger partial charge < -0.3 is 20.1 Å². The van der Waals surface area contributed by atoms with Gasteiger partial charge in [0.05, 0.1) is 7.11 Å². The van der Waals surface area contributed by atoms with Gasteiger partial charge >= 0.3 is 6.09 Å². The van der Waals surface area contributed by atoms with Crippen molar-refractivity contribution in [2.75, 3.05) is 26.8 Å². The average molecular weight is 244 g/mol. The second kappa shape index (κ2) is 6.44. The predicted molar refractivity (Wildman–Crippen MR) is 61.4 cm³/mol. The summed E-state index contributed by atoms with van der Waals surface area (Å²) in [5.74, 6) is 0.0918. The molecule has 0 aromatic heterocycles. The zero-order valence-corrected chi connectivity index (χ0v) is 10.3. The molecule has 2 N–H and O–H groups in total.